The second-order valence-corrected chi connectivity index (χ2v) is 7.80. The summed E-state index contributed by atoms with van der Waals surface area (Å²) in [6.07, 6.45) is 2.43. The van der Waals surface area contributed by atoms with Crippen molar-refractivity contribution in [2.45, 2.75) is 26.7 Å². The quantitative estimate of drug-likeness (QED) is 0.611. The summed E-state index contributed by atoms with van der Waals surface area (Å²) in [7, 11) is 1.59. The molecule has 0 unspecified atom stereocenters. The Morgan fingerprint density at radius 3 is 2.76 bits per heavy atom. The average molecular weight is 443 g/mol. The van der Waals surface area contributed by atoms with Crippen LogP contribution in [0.3, 0.4) is 0 Å². The average Bonchev–Trinajstić information content (AvgIpc) is 2.97. The Morgan fingerprint density at radius 1 is 1.15 bits per heavy atom. The third-order valence-electron chi connectivity index (χ3n) is 5.61. The van der Waals surface area contributed by atoms with E-state index in [0.717, 1.165) is 28.8 Å². The highest BCUT2D eigenvalue weighted by atomic mass is 16.5. The predicted octanol–water partition coefficient (Wildman–Crippen LogP) is 4.46. The first-order valence-corrected chi connectivity index (χ1v) is 10.9. The maximum atomic E-state index is 13.3. The number of carbonyl (C=O) groups is 2. The molecule has 1 aliphatic rings. The first-order chi connectivity index (χ1) is 16.0. The number of aryl methyl sites for hydroxylation is 2. The van der Waals surface area contributed by atoms with Gasteiger partial charge in [-0.3, -0.25) is 14.5 Å². The van der Waals surface area contributed by atoms with Crippen LogP contribution in [0.25, 0.3) is 0 Å². The minimum atomic E-state index is -0.284. The van der Waals surface area contributed by atoms with E-state index < -0.39 is 0 Å². The predicted molar refractivity (Wildman–Crippen MR) is 130 cm³/mol. The SMILES string of the molecule is CCc1cccc(C)c1NC(=O)CN1C(=O)CC(c2cccc(OC)c2)=Nc2cccnc21. The fourth-order valence-electron chi connectivity index (χ4n) is 3.88. The molecule has 1 aliphatic heterocycles. The Balaban J connectivity index is 1.63. The van der Waals surface area contributed by atoms with Crippen molar-refractivity contribution in [2.24, 2.45) is 4.99 Å². The number of para-hydroxylation sites is 1. The molecule has 0 bridgehead atoms. The Hall–Kier alpha value is -4.00. The maximum absolute atomic E-state index is 13.3. The topological polar surface area (TPSA) is 83.9 Å². The molecule has 0 atom stereocenters. The lowest BCUT2D eigenvalue weighted by Gasteiger charge is -2.21. The van der Waals surface area contributed by atoms with Gasteiger partial charge < -0.3 is 10.1 Å². The fraction of sp³-hybridized carbons (Fsp3) is 0.231. The number of amides is 2. The molecule has 0 radical (unpaired) electrons. The summed E-state index contributed by atoms with van der Waals surface area (Å²) in [6, 6.07) is 16.9. The van der Waals surface area contributed by atoms with Gasteiger partial charge in [0.15, 0.2) is 5.82 Å². The molecular weight excluding hydrogens is 416 g/mol. The molecule has 2 aromatic carbocycles. The third-order valence-corrected chi connectivity index (χ3v) is 5.61. The molecule has 0 saturated heterocycles. The number of methoxy groups -OCH3 is 1. The number of hydrogen-bond acceptors (Lipinski definition) is 5. The molecule has 168 valence electrons. The molecule has 0 spiro atoms. The lowest BCUT2D eigenvalue weighted by atomic mass is 10.1. The van der Waals surface area contributed by atoms with Gasteiger partial charge in [0.2, 0.25) is 11.8 Å². The number of aliphatic imine (C=N–C) groups is 1. The van der Waals surface area contributed by atoms with Crippen LogP contribution < -0.4 is 15.0 Å². The highest BCUT2D eigenvalue weighted by molar-refractivity contribution is 6.18. The molecule has 1 N–H and O–H groups in total. The van der Waals surface area contributed by atoms with Crippen molar-refractivity contribution < 1.29 is 14.3 Å². The molecule has 4 rings (SSSR count). The first kappa shape index (κ1) is 22.2. The molecule has 33 heavy (non-hydrogen) atoms. The van der Waals surface area contributed by atoms with Crippen LogP contribution in [0, 0.1) is 6.92 Å². The molecule has 0 fully saturated rings. The second-order valence-electron chi connectivity index (χ2n) is 7.80. The van der Waals surface area contributed by atoms with Crippen LogP contribution in [0.1, 0.15) is 30.0 Å². The van der Waals surface area contributed by atoms with Crippen LogP contribution in [-0.2, 0) is 16.0 Å². The van der Waals surface area contributed by atoms with Crippen LogP contribution in [0.15, 0.2) is 65.8 Å². The van der Waals surface area contributed by atoms with Gasteiger partial charge in [-0.2, -0.15) is 0 Å². The Kier molecular flexibility index (Phi) is 6.49. The van der Waals surface area contributed by atoms with Crippen molar-refractivity contribution >= 4 is 34.7 Å². The maximum Gasteiger partial charge on any atom is 0.244 e. The zero-order valence-corrected chi connectivity index (χ0v) is 19.0. The summed E-state index contributed by atoms with van der Waals surface area (Å²) >= 11 is 0. The van der Waals surface area contributed by atoms with E-state index in [0.29, 0.717) is 23.0 Å². The van der Waals surface area contributed by atoms with Gasteiger partial charge in [-0.15, -0.1) is 0 Å². The number of ether oxygens (including phenoxy) is 1. The zero-order valence-electron chi connectivity index (χ0n) is 19.0. The smallest absolute Gasteiger partial charge is 0.244 e. The van der Waals surface area contributed by atoms with Gasteiger partial charge in [0, 0.05) is 17.4 Å². The summed E-state index contributed by atoms with van der Waals surface area (Å²) in [5.41, 5.74) is 4.75. The lowest BCUT2D eigenvalue weighted by Crippen LogP contribution is -2.39. The molecule has 3 aromatic rings. The molecule has 7 nitrogen and oxygen atoms in total. The van der Waals surface area contributed by atoms with E-state index in [-0.39, 0.29) is 24.8 Å². The van der Waals surface area contributed by atoms with Crippen LogP contribution in [0.2, 0.25) is 0 Å². The van der Waals surface area contributed by atoms with Crippen LogP contribution in [0.4, 0.5) is 17.2 Å². The highest BCUT2D eigenvalue weighted by Gasteiger charge is 2.28. The van der Waals surface area contributed by atoms with Crippen LogP contribution in [0.5, 0.6) is 5.75 Å². The second kappa shape index (κ2) is 9.65. The summed E-state index contributed by atoms with van der Waals surface area (Å²) in [6.45, 7) is 3.85. The number of hydrogen-bond donors (Lipinski definition) is 1. The third kappa shape index (κ3) is 4.77. The van der Waals surface area contributed by atoms with E-state index in [9.17, 15) is 9.59 Å². The van der Waals surface area contributed by atoms with Crippen LogP contribution >= 0.6 is 0 Å². The van der Waals surface area contributed by atoms with E-state index >= 15 is 0 Å². The van der Waals surface area contributed by atoms with Gasteiger partial charge in [0.1, 0.15) is 18.0 Å². The van der Waals surface area contributed by atoms with E-state index in [1.807, 2.05) is 56.3 Å². The molecule has 2 amide bonds. The number of pyridine rings is 1. The normalized spacial score (nSPS) is 13.1. The lowest BCUT2D eigenvalue weighted by molar-refractivity contribution is -0.120. The van der Waals surface area contributed by atoms with E-state index in [1.54, 1.807) is 25.4 Å². The molecule has 2 heterocycles. The molecule has 1 aromatic heterocycles. The van der Waals surface area contributed by atoms with Crippen molar-refractivity contribution in [3.05, 3.63) is 77.5 Å². The number of nitrogens with zero attached hydrogens (tertiary/aromatic N) is 3. The zero-order chi connectivity index (χ0) is 23.4. The van der Waals surface area contributed by atoms with Gasteiger partial charge in [0.05, 0.1) is 19.2 Å². The van der Waals surface area contributed by atoms with Crippen molar-refractivity contribution in [2.75, 3.05) is 23.9 Å². The first-order valence-electron chi connectivity index (χ1n) is 10.9. The van der Waals surface area contributed by atoms with Gasteiger partial charge in [0.25, 0.3) is 0 Å². The van der Waals surface area contributed by atoms with E-state index in [4.69, 9.17) is 9.73 Å². The van der Waals surface area contributed by atoms with Gasteiger partial charge >= 0.3 is 0 Å². The number of fused-ring (bicyclic) bond motifs is 1. The van der Waals surface area contributed by atoms with Gasteiger partial charge in [-0.1, -0.05) is 37.3 Å². The Labute approximate surface area is 193 Å². The number of aromatic nitrogens is 1. The number of rotatable bonds is 6. The van der Waals surface area contributed by atoms with E-state index in [1.165, 1.54) is 4.90 Å². The molecule has 7 heteroatoms. The van der Waals surface area contributed by atoms with Gasteiger partial charge in [-0.05, 0) is 48.7 Å². The molecular formula is C26H26N4O3. The highest BCUT2D eigenvalue weighted by Crippen LogP contribution is 2.31. The number of nitrogens with one attached hydrogen (secondary N) is 1. The summed E-state index contributed by atoms with van der Waals surface area (Å²) in [4.78, 5) is 36.8. The minimum Gasteiger partial charge on any atom is -0.497 e. The summed E-state index contributed by atoms with van der Waals surface area (Å²) < 4.78 is 5.32. The number of anilines is 2. The number of carbonyl (C=O) groups excluding carboxylic acids is 2. The number of benzene rings is 2. The minimum absolute atomic E-state index is 0.0430. The fourth-order valence-corrected chi connectivity index (χ4v) is 3.88. The monoisotopic (exact) mass is 442 g/mol. The van der Waals surface area contributed by atoms with Crippen molar-refractivity contribution in [3.8, 4) is 5.75 Å². The van der Waals surface area contributed by atoms with Crippen molar-refractivity contribution in [1.29, 1.82) is 0 Å². The standard InChI is InChI=1S/C26H26N4O3/c1-4-18-9-5-8-17(2)25(18)29-23(31)16-30-24(32)15-22(19-10-6-11-20(14-19)33-3)28-21-12-7-13-27-26(21)30/h5-14H,4,15-16H2,1-3H3,(H,29,31). The van der Waals surface area contributed by atoms with Crippen molar-refractivity contribution in [3.63, 3.8) is 0 Å². The Morgan fingerprint density at radius 2 is 1.97 bits per heavy atom. The summed E-state index contributed by atoms with van der Waals surface area (Å²) in [5, 5.41) is 2.99. The Bertz CT molecular complexity index is 1240. The van der Waals surface area contributed by atoms with E-state index in [2.05, 4.69) is 10.3 Å². The molecule has 0 aliphatic carbocycles. The van der Waals surface area contributed by atoms with Crippen molar-refractivity contribution in [1.82, 2.24) is 4.98 Å². The largest absolute Gasteiger partial charge is 0.497 e. The summed E-state index contributed by atoms with van der Waals surface area (Å²) in [5.74, 6) is 0.522. The van der Waals surface area contributed by atoms with Crippen LogP contribution in [-0.4, -0.2) is 36.2 Å². The molecule has 0 saturated carbocycles. The van der Waals surface area contributed by atoms with Gasteiger partial charge in [-0.25, -0.2) is 9.98 Å².